The number of carbonyl (C=O) groups excluding carboxylic acids is 1. The fourth-order valence-corrected chi connectivity index (χ4v) is 5.38. The topological polar surface area (TPSA) is 84.2 Å². The molecule has 0 saturated carbocycles. The summed E-state index contributed by atoms with van der Waals surface area (Å²) < 4.78 is 3.67. The minimum absolute atomic E-state index is 0.133. The van der Waals surface area contributed by atoms with Crippen LogP contribution in [0, 0.1) is 0 Å². The lowest BCUT2D eigenvalue weighted by Gasteiger charge is -2.09. The van der Waals surface area contributed by atoms with Crippen molar-refractivity contribution in [2.45, 2.75) is 19.5 Å². The zero-order chi connectivity index (χ0) is 23.3. The molecule has 0 bridgehead atoms. The molecule has 0 radical (unpaired) electrons. The van der Waals surface area contributed by atoms with Gasteiger partial charge in [0.2, 0.25) is 0 Å². The van der Waals surface area contributed by atoms with Crippen molar-refractivity contribution in [3.8, 4) is 0 Å². The highest BCUT2D eigenvalue weighted by Crippen LogP contribution is 2.15. The molecule has 0 aliphatic heterocycles. The summed E-state index contributed by atoms with van der Waals surface area (Å²) in [6.45, 7) is 1.57. The molecule has 0 atom stereocenters. The predicted molar refractivity (Wildman–Crippen MR) is 137 cm³/mol. The van der Waals surface area contributed by atoms with Gasteiger partial charge in [0, 0.05) is 23.3 Å². The Morgan fingerprint density at radius 3 is 2.62 bits per heavy atom. The number of nitrogens with one attached hydrogen (secondary N) is 2. The molecule has 5 rings (SSSR count). The summed E-state index contributed by atoms with van der Waals surface area (Å²) in [5.74, 6) is -0.145. The third kappa shape index (κ3) is 4.80. The average molecular weight is 490 g/mol. The van der Waals surface area contributed by atoms with Crippen molar-refractivity contribution in [1.82, 2.24) is 19.4 Å². The number of amides is 1. The van der Waals surface area contributed by atoms with Gasteiger partial charge in [-0.05, 0) is 42.1 Å². The van der Waals surface area contributed by atoms with Gasteiger partial charge in [0.25, 0.3) is 5.91 Å². The second kappa shape index (κ2) is 10.1. The number of rotatable bonds is 8. The van der Waals surface area contributed by atoms with Crippen molar-refractivity contribution in [2.75, 3.05) is 6.54 Å². The number of imidazole rings is 1. The lowest BCUT2D eigenvalue weighted by molar-refractivity contribution is 0.0943. The van der Waals surface area contributed by atoms with Crippen molar-refractivity contribution in [2.24, 2.45) is 4.99 Å². The van der Waals surface area contributed by atoms with Crippen LogP contribution in [0.4, 0.5) is 5.69 Å². The van der Waals surface area contributed by atoms with Crippen LogP contribution < -0.4 is 15.8 Å². The first-order valence-corrected chi connectivity index (χ1v) is 12.7. The third-order valence-corrected chi connectivity index (χ3v) is 7.16. The second-order valence-corrected chi connectivity index (χ2v) is 9.59. The van der Waals surface area contributed by atoms with Crippen molar-refractivity contribution < 1.29 is 4.79 Å². The number of nitrogens with zero attached hydrogens (tertiary/aromatic N) is 3. The molecular weight excluding hydrogens is 466 g/mol. The van der Waals surface area contributed by atoms with Crippen molar-refractivity contribution in [1.29, 1.82) is 0 Å². The van der Waals surface area contributed by atoms with Gasteiger partial charge in [0.05, 0.1) is 23.3 Å². The number of H-pyrrole nitrogens is 1. The van der Waals surface area contributed by atoms with E-state index in [2.05, 4.69) is 16.4 Å². The first-order valence-electron chi connectivity index (χ1n) is 11.0. The summed E-state index contributed by atoms with van der Waals surface area (Å²) in [7, 11) is 0. The molecule has 0 saturated heterocycles. The van der Waals surface area contributed by atoms with Crippen LogP contribution in [0.25, 0.3) is 11.0 Å². The number of fused-ring (bicyclic) bond motifs is 1. The summed E-state index contributed by atoms with van der Waals surface area (Å²) >= 11 is 3.11. The summed E-state index contributed by atoms with van der Waals surface area (Å²) in [5.41, 5.74) is 2.99. The molecule has 34 heavy (non-hydrogen) atoms. The number of thiophene rings is 1. The van der Waals surface area contributed by atoms with Crippen LogP contribution in [0.5, 0.6) is 0 Å². The van der Waals surface area contributed by atoms with Crippen LogP contribution in [0.2, 0.25) is 0 Å². The SMILES string of the molecule is O=C(NCCCn1c(=O)[nH]c2ccccc21)c1csc(=Nc2ccccc2)n1Cc1cccs1. The van der Waals surface area contributed by atoms with E-state index in [1.165, 1.54) is 11.3 Å². The molecule has 7 nitrogen and oxygen atoms in total. The van der Waals surface area contributed by atoms with Crippen molar-refractivity contribution >= 4 is 45.3 Å². The molecule has 0 spiro atoms. The molecule has 3 heterocycles. The van der Waals surface area contributed by atoms with E-state index < -0.39 is 0 Å². The van der Waals surface area contributed by atoms with Gasteiger partial charge in [-0.25, -0.2) is 9.79 Å². The van der Waals surface area contributed by atoms with Gasteiger partial charge in [-0.2, -0.15) is 0 Å². The standard InChI is InChI=1S/C25H23N5O2S2/c31-23(26-13-7-14-29-21-12-5-4-11-20(21)28-24(29)32)22-17-34-25(27-18-8-2-1-3-9-18)30(22)16-19-10-6-15-33-19/h1-6,8-12,15,17H,7,13-14,16H2,(H,26,31)(H,28,32). The smallest absolute Gasteiger partial charge is 0.326 e. The number of aromatic amines is 1. The summed E-state index contributed by atoms with van der Waals surface area (Å²) in [6, 6.07) is 21.4. The van der Waals surface area contributed by atoms with E-state index in [0.717, 1.165) is 26.4 Å². The Labute approximate surface area is 203 Å². The Bertz CT molecular complexity index is 1520. The Morgan fingerprint density at radius 1 is 0.971 bits per heavy atom. The van der Waals surface area contributed by atoms with Crippen LogP contribution in [-0.4, -0.2) is 26.6 Å². The normalized spacial score (nSPS) is 11.8. The summed E-state index contributed by atoms with van der Waals surface area (Å²) in [6.07, 6.45) is 0.643. The van der Waals surface area contributed by atoms with E-state index in [1.54, 1.807) is 15.9 Å². The molecule has 2 aromatic carbocycles. The van der Waals surface area contributed by atoms with E-state index in [-0.39, 0.29) is 11.6 Å². The largest absolute Gasteiger partial charge is 0.351 e. The van der Waals surface area contributed by atoms with E-state index in [4.69, 9.17) is 4.99 Å². The molecule has 0 fully saturated rings. The molecule has 0 unspecified atom stereocenters. The lowest BCUT2D eigenvalue weighted by atomic mass is 10.3. The maximum absolute atomic E-state index is 13.1. The number of thiazole rings is 1. The van der Waals surface area contributed by atoms with E-state index in [9.17, 15) is 9.59 Å². The van der Waals surface area contributed by atoms with Gasteiger partial charge in [0.15, 0.2) is 4.80 Å². The Balaban J connectivity index is 1.31. The van der Waals surface area contributed by atoms with E-state index in [0.29, 0.717) is 31.7 Å². The predicted octanol–water partition coefficient (Wildman–Crippen LogP) is 4.35. The maximum Gasteiger partial charge on any atom is 0.326 e. The highest BCUT2D eigenvalue weighted by atomic mass is 32.1. The zero-order valence-electron chi connectivity index (χ0n) is 18.3. The number of hydrogen-bond acceptors (Lipinski definition) is 5. The third-order valence-electron chi connectivity index (χ3n) is 5.43. The molecule has 9 heteroatoms. The van der Waals surface area contributed by atoms with Crippen LogP contribution in [0.15, 0.2) is 87.3 Å². The Morgan fingerprint density at radius 2 is 1.79 bits per heavy atom. The monoisotopic (exact) mass is 489 g/mol. The fourth-order valence-electron chi connectivity index (χ4n) is 3.78. The molecule has 3 aromatic heterocycles. The van der Waals surface area contributed by atoms with E-state index >= 15 is 0 Å². The number of carbonyl (C=O) groups is 1. The number of aryl methyl sites for hydroxylation is 1. The molecule has 172 valence electrons. The average Bonchev–Trinajstić information content (AvgIpc) is 3.58. The van der Waals surface area contributed by atoms with Gasteiger partial charge in [-0.1, -0.05) is 36.4 Å². The van der Waals surface area contributed by atoms with Crippen molar-refractivity contribution in [3.63, 3.8) is 0 Å². The fraction of sp³-hybridized carbons (Fsp3) is 0.160. The highest BCUT2D eigenvalue weighted by Gasteiger charge is 2.15. The molecule has 1 amide bonds. The van der Waals surface area contributed by atoms with Gasteiger partial charge < -0.3 is 14.9 Å². The van der Waals surface area contributed by atoms with Gasteiger partial charge in [0.1, 0.15) is 5.69 Å². The van der Waals surface area contributed by atoms with Gasteiger partial charge >= 0.3 is 5.69 Å². The Hall–Kier alpha value is -3.69. The molecule has 0 aliphatic rings. The highest BCUT2D eigenvalue weighted by molar-refractivity contribution is 7.10. The zero-order valence-corrected chi connectivity index (χ0v) is 19.9. The maximum atomic E-state index is 13.1. The second-order valence-electron chi connectivity index (χ2n) is 7.72. The van der Waals surface area contributed by atoms with Crippen LogP contribution in [-0.2, 0) is 13.1 Å². The molecule has 5 aromatic rings. The minimum atomic E-state index is -0.145. The van der Waals surface area contributed by atoms with E-state index in [1.807, 2.05) is 76.0 Å². The quantitative estimate of drug-likeness (QED) is 0.318. The molecule has 2 N–H and O–H groups in total. The van der Waals surface area contributed by atoms with Gasteiger partial charge in [-0.3, -0.25) is 9.36 Å². The number of hydrogen-bond donors (Lipinski definition) is 2. The number of benzene rings is 2. The Kier molecular flexibility index (Phi) is 6.55. The van der Waals surface area contributed by atoms with Crippen molar-refractivity contribution in [3.05, 3.63) is 103 Å². The first kappa shape index (κ1) is 22.1. The minimum Gasteiger partial charge on any atom is -0.351 e. The number of para-hydroxylation sites is 3. The molecule has 0 aliphatic carbocycles. The number of aromatic nitrogens is 3. The molecular formula is C25H23N5O2S2. The summed E-state index contributed by atoms with van der Waals surface area (Å²) in [4.78, 5) is 34.9. The summed E-state index contributed by atoms with van der Waals surface area (Å²) in [5, 5.41) is 6.90. The van der Waals surface area contributed by atoms with Gasteiger partial charge in [-0.15, -0.1) is 22.7 Å². The first-order chi connectivity index (χ1) is 16.7. The van der Waals surface area contributed by atoms with Crippen LogP contribution >= 0.6 is 22.7 Å². The van der Waals surface area contributed by atoms with Crippen LogP contribution in [0.3, 0.4) is 0 Å². The lowest BCUT2D eigenvalue weighted by Crippen LogP contribution is -2.30. The van der Waals surface area contributed by atoms with Crippen LogP contribution in [0.1, 0.15) is 21.8 Å².